The van der Waals surface area contributed by atoms with Gasteiger partial charge in [-0.1, -0.05) is 12.1 Å². The number of nitrogens with one attached hydrogen (secondary N) is 1. The number of likely N-dealkylation sites (N-methyl/N-ethyl adjacent to an activating group) is 1. The Balaban J connectivity index is 1.73. The summed E-state index contributed by atoms with van der Waals surface area (Å²) in [7, 11) is 3.62. The minimum Gasteiger partial charge on any atom is -0.495 e. The maximum Gasteiger partial charge on any atom is 0.225 e. The molecule has 1 amide bonds. The standard InChI is InChI=1S/C18H23N3O2/c1-21(13-9-15-7-11-19-12-8-15)14-10-18(22)20-16-5-3-4-6-17(16)23-2/h3-8,11-12H,9-10,13-14H2,1-2H3,(H,20,22). The minimum absolute atomic E-state index is 0.00902. The lowest BCUT2D eigenvalue weighted by Crippen LogP contribution is -2.26. The molecule has 1 aromatic heterocycles. The molecule has 2 aromatic rings. The number of hydrogen-bond donors (Lipinski definition) is 1. The smallest absolute Gasteiger partial charge is 0.225 e. The predicted molar refractivity (Wildman–Crippen MR) is 91.7 cm³/mol. The van der Waals surface area contributed by atoms with Crippen molar-refractivity contribution in [1.82, 2.24) is 9.88 Å². The van der Waals surface area contributed by atoms with Crippen LogP contribution in [0.25, 0.3) is 0 Å². The van der Waals surface area contributed by atoms with E-state index in [2.05, 4.69) is 15.2 Å². The third-order valence-corrected chi connectivity index (χ3v) is 3.63. The van der Waals surface area contributed by atoms with Gasteiger partial charge in [-0.25, -0.2) is 0 Å². The Morgan fingerprint density at radius 2 is 1.91 bits per heavy atom. The molecule has 1 aromatic carbocycles. The first-order chi connectivity index (χ1) is 11.2. The van der Waals surface area contributed by atoms with E-state index in [4.69, 9.17) is 4.74 Å². The number of methoxy groups -OCH3 is 1. The Bertz CT molecular complexity index is 617. The van der Waals surface area contributed by atoms with Crippen molar-refractivity contribution in [2.24, 2.45) is 0 Å². The van der Waals surface area contributed by atoms with Gasteiger partial charge in [0.15, 0.2) is 0 Å². The molecule has 0 aliphatic carbocycles. The zero-order valence-electron chi connectivity index (χ0n) is 13.7. The zero-order chi connectivity index (χ0) is 16.5. The van der Waals surface area contributed by atoms with E-state index in [-0.39, 0.29) is 5.91 Å². The van der Waals surface area contributed by atoms with Crippen LogP contribution in [0, 0.1) is 0 Å². The number of benzene rings is 1. The topological polar surface area (TPSA) is 54.5 Å². The molecule has 0 unspecified atom stereocenters. The quantitative estimate of drug-likeness (QED) is 0.814. The van der Waals surface area contributed by atoms with Gasteiger partial charge in [0, 0.05) is 31.9 Å². The van der Waals surface area contributed by atoms with Crippen LogP contribution in [0.3, 0.4) is 0 Å². The molecule has 0 atom stereocenters. The van der Waals surface area contributed by atoms with Crippen LogP contribution in [0.2, 0.25) is 0 Å². The fourth-order valence-corrected chi connectivity index (χ4v) is 2.23. The number of para-hydroxylation sites is 2. The highest BCUT2D eigenvalue weighted by atomic mass is 16.5. The molecule has 0 fully saturated rings. The van der Waals surface area contributed by atoms with E-state index in [1.165, 1.54) is 5.56 Å². The van der Waals surface area contributed by atoms with Crippen LogP contribution < -0.4 is 10.1 Å². The number of pyridine rings is 1. The van der Waals surface area contributed by atoms with Crippen LogP contribution in [0.5, 0.6) is 5.75 Å². The van der Waals surface area contributed by atoms with Gasteiger partial charge in [-0.3, -0.25) is 9.78 Å². The van der Waals surface area contributed by atoms with E-state index >= 15 is 0 Å². The number of carbonyl (C=O) groups is 1. The molecule has 2 rings (SSSR count). The van der Waals surface area contributed by atoms with Crippen LogP contribution in [0.4, 0.5) is 5.69 Å². The van der Waals surface area contributed by atoms with E-state index in [9.17, 15) is 4.79 Å². The molecular weight excluding hydrogens is 290 g/mol. The second kappa shape index (κ2) is 8.90. The molecule has 23 heavy (non-hydrogen) atoms. The molecule has 0 bridgehead atoms. The van der Waals surface area contributed by atoms with Gasteiger partial charge in [-0.15, -0.1) is 0 Å². The van der Waals surface area contributed by atoms with Gasteiger partial charge in [0.1, 0.15) is 5.75 Å². The largest absolute Gasteiger partial charge is 0.495 e. The van der Waals surface area contributed by atoms with Gasteiger partial charge in [-0.05, 0) is 43.3 Å². The Morgan fingerprint density at radius 3 is 2.65 bits per heavy atom. The summed E-state index contributed by atoms with van der Waals surface area (Å²) in [5, 5.41) is 2.89. The monoisotopic (exact) mass is 313 g/mol. The third kappa shape index (κ3) is 5.71. The number of hydrogen-bond acceptors (Lipinski definition) is 4. The summed E-state index contributed by atoms with van der Waals surface area (Å²) in [6, 6.07) is 11.4. The molecule has 0 radical (unpaired) electrons. The average Bonchev–Trinajstić information content (AvgIpc) is 2.59. The van der Waals surface area contributed by atoms with Crippen molar-refractivity contribution < 1.29 is 9.53 Å². The average molecular weight is 313 g/mol. The first kappa shape index (κ1) is 17.0. The first-order valence-electron chi connectivity index (χ1n) is 7.69. The Hall–Kier alpha value is -2.40. The van der Waals surface area contributed by atoms with E-state index in [1.807, 2.05) is 43.4 Å². The van der Waals surface area contributed by atoms with Crippen molar-refractivity contribution in [3.63, 3.8) is 0 Å². The van der Waals surface area contributed by atoms with Crippen LogP contribution in [0.1, 0.15) is 12.0 Å². The lowest BCUT2D eigenvalue weighted by molar-refractivity contribution is -0.116. The second-order valence-electron chi connectivity index (χ2n) is 5.41. The molecule has 0 saturated heterocycles. The molecule has 122 valence electrons. The third-order valence-electron chi connectivity index (χ3n) is 3.63. The highest BCUT2D eigenvalue weighted by molar-refractivity contribution is 5.92. The molecule has 0 aliphatic rings. The highest BCUT2D eigenvalue weighted by Gasteiger charge is 2.08. The molecule has 0 aliphatic heterocycles. The van der Waals surface area contributed by atoms with Gasteiger partial charge in [0.25, 0.3) is 0 Å². The summed E-state index contributed by atoms with van der Waals surface area (Å²) in [5.74, 6) is 0.664. The van der Waals surface area contributed by atoms with Crippen LogP contribution >= 0.6 is 0 Å². The number of aromatic nitrogens is 1. The summed E-state index contributed by atoms with van der Waals surface area (Å²) in [6.45, 7) is 1.62. The van der Waals surface area contributed by atoms with Crippen molar-refractivity contribution in [3.05, 3.63) is 54.4 Å². The summed E-state index contributed by atoms with van der Waals surface area (Å²) in [4.78, 5) is 18.2. The van der Waals surface area contributed by atoms with Crippen LogP contribution in [-0.4, -0.2) is 43.0 Å². The number of anilines is 1. The van der Waals surface area contributed by atoms with E-state index in [0.717, 1.165) is 13.0 Å². The molecule has 1 N–H and O–H groups in total. The van der Waals surface area contributed by atoms with Crippen molar-refractivity contribution in [2.45, 2.75) is 12.8 Å². The molecule has 0 saturated carbocycles. The van der Waals surface area contributed by atoms with E-state index < -0.39 is 0 Å². The lowest BCUT2D eigenvalue weighted by Gasteiger charge is -2.16. The van der Waals surface area contributed by atoms with Gasteiger partial charge < -0.3 is 15.0 Å². The van der Waals surface area contributed by atoms with Crippen LogP contribution in [-0.2, 0) is 11.2 Å². The Kier molecular flexibility index (Phi) is 6.56. The molecule has 5 nitrogen and oxygen atoms in total. The summed E-state index contributed by atoms with van der Waals surface area (Å²) < 4.78 is 5.23. The fourth-order valence-electron chi connectivity index (χ4n) is 2.23. The van der Waals surface area contributed by atoms with Gasteiger partial charge in [-0.2, -0.15) is 0 Å². The Morgan fingerprint density at radius 1 is 1.17 bits per heavy atom. The van der Waals surface area contributed by atoms with E-state index in [1.54, 1.807) is 19.5 Å². The maximum absolute atomic E-state index is 12.1. The summed E-state index contributed by atoms with van der Waals surface area (Å²) in [6.07, 6.45) is 5.00. The van der Waals surface area contributed by atoms with Gasteiger partial charge in [0.2, 0.25) is 5.91 Å². The first-order valence-corrected chi connectivity index (χ1v) is 7.69. The highest BCUT2D eigenvalue weighted by Crippen LogP contribution is 2.22. The second-order valence-corrected chi connectivity index (χ2v) is 5.41. The molecule has 5 heteroatoms. The zero-order valence-corrected chi connectivity index (χ0v) is 13.7. The van der Waals surface area contributed by atoms with E-state index in [0.29, 0.717) is 24.4 Å². The number of rotatable bonds is 8. The molecular formula is C18H23N3O2. The maximum atomic E-state index is 12.1. The van der Waals surface area contributed by atoms with Crippen molar-refractivity contribution in [3.8, 4) is 5.75 Å². The minimum atomic E-state index is -0.00902. The normalized spacial score (nSPS) is 10.6. The Labute approximate surface area is 137 Å². The number of nitrogens with zero attached hydrogens (tertiary/aromatic N) is 2. The van der Waals surface area contributed by atoms with Crippen LogP contribution in [0.15, 0.2) is 48.8 Å². The number of amides is 1. The number of carbonyl (C=O) groups excluding carboxylic acids is 1. The lowest BCUT2D eigenvalue weighted by atomic mass is 10.2. The fraction of sp³-hybridized carbons (Fsp3) is 0.333. The SMILES string of the molecule is COc1ccccc1NC(=O)CCN(C)CCc1ccncc1. The van der Waals surface area contributed by atoms with Gasteiger partial charge in [0.05, 0.1) is 12.8 Å². The summed E-state index contributed by atoms with van der Waals surface area (Å²) in [5.41, 5.74) is 1.96. The van der Waals surface area contributed by atoms with Gasteiger partial charge >= 0.3 is 0 Å². The van der Waals surface area contributed by atoms with Crippen molar-refractivity contribution in [2.75, 3.05) is 32.6 Å². The number of ether oxygens (including phenoxy) is 1. The molecule has 0 spiro atoms. The predicted octanol–water partition coefficient (Wildman–Crippen LogP) is 2.59. The van der Waals surface area contributed by atoms with Crippen molar-refractivity contribution in [1.29, 1.82) is 0 Å². The molecule has 1 heterocycles. The summed E-state index contributed by atoms with van der Waals surface area (Å²) >= 11 is 0. The van der Waals surface area contributed by atoms with Crippen molar-refractivity contribution >= 4 is 11.6 Å².